The van der Waals surface area contributed by atoms with Gasteiger partial charge in [0.15, 0.2) is 0 Å². The molecule has 1 aliphatic rings. The minimum absolute atomic E-state index is 0.0720. The highest BCUT2D eigenvalue weighted by Crippen LogP contribution is 2.19. The molecule has 7 nitrogen and oxygen atoms in total. The van der Waals surface area contributed by atoms with Crippen molar-refractivity contribution in [1.29, 1.82) is 0 Å². The molecule has 1 atom stereocenters. The Kier molecular flexibility index (Phi) is 4.69. The molecular weight excluding hydrogens is 306 g/mol. The Balaban J connectivity index is 1.68. The van der Waals surface area contributed by atoms with E-state index in [0.717, 1.165) is 0 Å². The number of benzene rings is 1. The predicted molar refractivity (Wildman–Crippen MR) is 90.4 cm³/mol. The molecule has 7 heteroatoms. The number of imidazole rings is 1. The van der Waals surface area contributed by atoms with Crippen LogP contribution >= 0.6 is 0 Å². The number of amides is 2. The Morgan fingerprint density at radius 1 is 1.29 bits per heavy atom. The summed E-state index contributed by atoms with van der Waals surface area (Å²) >= 11 is 0. The molecule has 0 fully saturated rings. The fraction of sp³-hybridized carbons (Fsp3) is 0.294. The van der Waals surface area contributed by atoms with E-state index in [2.05, 4.69) is 15.4 Å². The van der Waals surface area contributed by atoms with Crippen LogP contribution in [0.3, 0.4) is 0 Å². The van der Waals surface area contributed by atoms with Gasteiger partial charge in [-0.2, -0.15) is 5.10 Å². The molecular formula is C17H19N5O2. The maximum absolute atomic E-state index is 12.4. The van der Waals surface area contributed by atoms with Crippen molar-refractivity contribution in [1.82, 2.24) is 14.9 Å². The second-order valence-electron chi connectivity index (χ2n) is 5.72. The first-order valence-corrected chi connectivity index (χ1v) is 7.85. The quantitative estimate of drug-likeness (QED) is 0.906. The van der Waals surface area contributed by atoms with E-state index in [0.29, 0.717) is 24.4 Å². The Bertz CT molecular complexity index is 740. The van der Waals surface area contributed by atoms with Gasteiger partial charge in [-0.25, -0.2) is 9.99 Å². The summed E-state index contributed by atoms with van der Waals surface area (Å²) in [5, 5.41) is 8.48. The van der Waals surface area contributed by atoms with Gasteiger partial charge in [0, 0.05) is 37.8 Å². The third-order valence-corrected chi connectivity index (χ3v) is 3.72. The minimum atomic E-state index is -0.240. The molecule has 1 aliphatic heterocycles. The molecule has 1 aromatic carbocycles. The number of hydrazone groups is 1. The number of carbonyl (C=O) groups is 2. The van der Waals surface area contributed by atoms with Crippen molar-refractivity contribution in [2.45, 2.75) is 32.4 Å². The van der Waals surface area contributed by atoms with Crippen molar-refractivity contribution in [3.63, 3.8) is 0 Å². The molecule has 0 saturated carbocycles. The van der Waals surface area contributed by atoms with Crippen molar-refractivity contribution in [2.75, 3.05) is 5.01 Å². The lowest BCUT2D eigenvalue weighted by molar-refractivity contribution is -0.119. The van der Waals surface area contributed by atoms with Gasteiger partial charge in [0.1, 0.15) is 5.71 Å². The smallest absolute Gasteiger partial charge is 0.267 e. The van der Waals surface area contributed by atoms with Crippen LogP contribution in [0.5, 0.6) is 0 Å². The number of carbonyl (C=O) groups excluding carboxylic acids is 2. The van der Waals surface area contributed by atoms with Crippen LogP contribution in [-0.4, -0.2) is 33.1 Å². The molecule has 3 rings (SSSR count). The normalized spacial score (nSPS) is 15.8. The first kappa shape index (κ1) is 15.9. The monoisotopic (exact) mass is 325 g/mol. The van der Waals surface area contributed by atoms with E-state index < -0.39 is 0 Å². The molecule has 24 heavy (non-hydrogen) atoms. The maximum atomic E-state index is 12.4. The summed E-state index contributed by atoms with van der Waals surface area (Å²) in [5.41, 5.74) is 1.04. The summed E-state index contributed by atoms with van der Waals surface area (Å²) in [4.78, 5) is 28.5. The fourth-order valence-corrected chi connectivity index (χ4v) is 2.55. The molecule has 124 valence electrons. The van der Waals surface area contributed by atoms with E-state index in [4.69, 9.17) is 0 Å². The zero-order chi connectivity index (χ0) is 16.9. The summed E-state index contributed by atoms with van der Waals surface area (Å²) in [5.74, 6) is -0.347. The summed E-state index contributed by atoms with van der Waals surface area (Å²) in [7, 11) is 0. The molecule has 0 saturated heterocycles. The average molecular weight is 325 g/mol. The predicted octanol–water partition coefficient (Wildman–Crippen LogP) is 1.57. The summed E-state index contributed by atoms with van der Waals surface area (Å²) in [6.45, 7) is 2.54. The van der Waals surface area contributed by atoms with Gasteiger partial charge >= 0.3 is 0 Å². The zero-order valence-corrected chi connectivity index (χ0v) is 13.4. The molecule has 0 spiro atoms. The number of nitrogens with one attached hydrogen (secondary N) is 1. The summed E-state index contributed by atoms with van der Waals surface area (Å²) in [6, 6.07) is 9.05. The largest absolute Gasteiger partial charge is 0.347 e. The van der Waals surface area contributed by atoms with E-state index in [1.165, 1.54) is 5.01 Å². The first-order chi connectivity index (χ1) is 11.6. The second kappa shape index (κ2) is 7.08. The van der Waals surface area contributed by atoms with Gasteiger partial charge in [-0.05, 0) is 19.1 Å². The molecule has 0 bridgehead atoms. The van der Waals surface area contributed by atoms with Crippen molar-refractivity contribution in [3.8, 4) is 0 Å². The Hall–Kier alpha value is -2.96. The van der Waals surface area contributed by atoms with E-state index >= 15 is 0 Å². The number of nitrogens with zero attached hydrogens (tertiary/aromatic N) is 4. The lowest BCUT2D eigenvalue weighted by Gasteiger charge is -2.24. The van der Waals surface area contributed by atoms with Crippen molar-refractivity contribution < 1.29 is 9.59 Å². The molecule has 0 aliphatic carbocycles. The number of hydrogen-bond donors (Lipinski definition) is 1. The van der Waals surface area contributed by atoms with Crippen LogP contribution < -0.4 is 10.3 Å². The summed E-state index contributed by atoms with van der Waals surface area (Å²) < 4.78 is 1.90. The SMILES string of the molecule is C[C@@H](Cn1ccnc1)NC(=O)C1=NN(c2ccccc2)C(=O)CC1. The zero-order valence-electron chi connectivity index (χ0n) is 13.4. The Morgan fingerprint density at radius 3 is 2.79 bits per heavy atom. The number of hydrogen-bond acceptors (Lipinski definition) is 4. The molecule has 2 heterocycles. The van der Waals surface area contributed by atoms with Gasteiger partial charge in [0.2, 0.25) is 5.91 Å². The lowest BCUT2D eigenvalue weighted by atomic mass is 10.1. The highest BCUT2D eigenvalue weighted by Gasteiger charge is 2.26. The second-order valence-corrected chi connectivity index (χ2v) is 5.72. The average Bonchev–Trinajstić information content (AvgIpc) is 3.08. The van der Waals surface area contributed by atoms with E-state index in [1.54, 1.807) is 24.7 Å². The molecule has 1 aromatic heterocycles. The minimum Gasteiger partial charge on any atom is -0.347 e. The first-order valence-electron chi connectivity index (χ1n) is 7.85. The third-order valence-electron chi connectivity index (χ3n) is 3.72. The van der Waals surface area contributed by atoms with Crippen LogP contribution in [-0.2, 0) is 16.1 Å². The molecule has 2 amide bonds. The van der Waals surface area contributed by atoms with Gasteiger partial charge < -0.3 is 9.88 Å². The van der Waals surface area contributed by atoms with Gasteiger partial charge in [-0.3, -0.25) is 9.59 Å². The van der Waals surface area contributed by atoms with Gasteiger partial charge in [-0.1, -0.05) is 18.2 Å². The van der Waals surface area contributed by atoms with Crippen LogP contribution in [0.4, 0.5) is 5.69 Å². The van der Waals surface area contributed by atoms with Crippen molar-refractivity contribution in [3.05, 3.63) is 49.1 Å². The van der Waals surface area contributed by atoms with E-state index in [1.807, 2.05) is 35.9 Å². The molecule has 1 N–H and O–H groups in total. The number of rotatable bonds is 5. The van der Waals surface area contributed by atoms with Gasteiger partial charge in [0.25, 0.3) is 5.91 Å². The van der Waals surface area contributed by atoms with Gasteiger partial charge in [0.05, 0.1) is 12.0 Å². The molecule has 2 aromatic rings. The number of para-hydroxylation sites is 1. The van der Waals surface area contributed by atoms with E-state index in [-0.39, 0.29) is 24.3 Å². The Morgan fingerprint density at radius 2 is 2.08 bits per heavy atom. The maximum Gasteiger partial charge on any atom is 0.267 e. The van der Waals surface area contributed by atoms with Crippen LogP contribution in [0.15, 0.2) is 54.2 Å². The highest BCUT2D eigenvalue weighted by molar-refractivity contribution is 6.40. The number of aromatic nitrogens is 2. The van der Waals surface area contributed by atoms with Crippen LogP contribution in [0, 0.1) is 0 Å². The van der Waals surface area contributed by atoms with Crippen molar-refractivity contribution in [2.24, 2.45) is 5.10 Å². The molecule has 0 unspecified atom stereocenters. The number of anilines is 1. The topological polar surface area (TPSA) is 79.6 Å². The Labute approximate surface area is 140 Å². The summed E-state index contributed by atoms with van der Waals surface area (Å²) in [6.07, 6.45) is 5.87. The lowest BCUT2D eigenvalue weighted by Crippen LogP contribution is -2.43. The van der Waals surface area contributed by atoms with Gasteiger partial charge in [-0.15, -0.1) is 0 Å². The third kappa shape index (κ3) is 3.68. The standard InChI is InChI=1S/C17H19N5O2/c1-13(11-21-10-9-18-12-21)19-17(24)15-7-8-16(23)22(20-15)14-5-3-2-4-6-14/h2-6,9-10,12-13H,7-8,11H2,1H3,(H,19,24)/t13-/m0/s1. The highest BCUT2D eigenvalue weighted by atomic mass is 16.2. The van der Waals surface area contributed by atoms with E-state index in [9.17, 15) is 9.59 Å². The molecule has 0 radical (unpaired) electrons. The fourth-order valence-electron chi connectivity index (χ4n) is 2.55. The van der Waals surface area contributed by atoms with Crippen LogP contribution in [0.2, 0.25) is 0 Å². The van der Waals surface area contributed by atoms with Crippen LogP contribution in [0.25, 0.3) is 0 Å². The van der Waals surface area contributed by atoms with Crippen LogP contribution in [0.1, 0.15) is 19.8 Å². The van der Waals surface area contributed by atoms with Crippen molar-refractivity contribution >= 4 is 23.2 Å².